The highest BCUT2D eigenvalue weighted by atomic mass is 14.9. The van der Waals surface area contributed by atoms with E-state index in [4.69, 9.17) is 5.73 Å². The molecule has 0 fully saturated rings. The largest absolute Gasteiger partial charge is 0.329 e. The summed E-state index contributed by atoms with van der Waals surface area (Å²) in [4.78, 5) is 0. The minimum atomic E-state index is 0.363. The van der Waals surface area contributed by atoms with E-state index in [1.54, 1.807) is 0 Å². The molecule has 0 spiro atoms. The molecule has 1 rings (SSSR count). The zero-order chi connectivity index (χ0) is 12.7. The zero-order valence-electron chi connectivity index (χ0n) is 10.9. The highest BCUT2D eigenvalue weighted by Gasteiger charge is 2.12. The highest BCUT2D eigenvalue weighted by Crippen LogP contribution is 2.19. The molecule has 2 nitrogen and oxygen atoms in total. The normalized spacial score (nSPS) is 14.3. The smallest absolute Gasteiger partial charge is 0.0199 e. The second-order valence-electron chi connectivity index (χ2n) is 4.82. The maximum atomic E-state index is 5.79. The molecule has 0 aromatic heterocycles. The van der Waals surface area contributed by atoms with Crippen molar-refractivity contribution >= 4 is 0 Å². The van der Waals surface area contributed by atoms with Crippen LogP contribution in [0.25, 0.3) is 0 Å². The fourth-order valence-electron chi connectivity index (χ4n) is 1.93. The summed E-state index contributed by atoms with van der Waals surface area (Å²) in [5.74, 6) is 0.530. The van der Waals surface area contributed by atoms with Gasteiger partial charge in [0.2, 0.25) is 0 Å². The number of hydrogen-bond donors (Lipinski definition) is 2. The molecule has 0 heterocycles. The quantitative estimate of drug-likeness (QED) is 0.709. The van der Waals surface area contributed by atoms with Gasteiger partial charge in [-0.15, -0.1) is 0 Å². The van der Waals surface area contributed by atoms with Crippen molar-refractivity contribution < 1.29 is 0 Å². The Hall–Kier alpha value is -1.12. The van der Waals surface area contributed by atoms with Crippen LogP contribution in [-0.4, -0.2) is 19.1 Å². The molecule has 1 aromatic carbocycles. The van der Waals surface area contributed by atoms with Crippen LogP contribution in [0.2, 0.25) is 0 Å². The zero-order valence-corrected chi connectivity index (χ0v) is 10.9. The number of nitrogens with two attached hydrogens (primary N) is 1. The molecule has 17 heavy (non-hydrogen) atoms. The lowest BCUT2D eigenvalue weighted by molar-refractivity contribution is 0.472. The van der Waals surface area contributed by atoms with Crippen LogP contribution in [0.3, 0.4) is 0 Å². The lowest BCUT2D eigenvalue weighted by Crippen LogP contribution is -2.37. The average molecular weight is 232 g/mol. The molecule has 0 saturated carbocycles. The number of rotatable bonds is 7. The van der Waals surface area contributed by atoms with E-state index in [0.717, 1.165) is 18.5 Å². The van der Waals surface area contributed by atoms with E-state index in [2.05, 4.69) is 49.2 Å². The number of benzene rings is 1. The minimum absolute atomic E-state index is 0.363. The summed E-state index contributed by atoms with van der Waals surface area (Å²) < 4.78 is 0. The molecule has 2 atom stereocenters. The van der Waals surface area contributed by atoms with Crippen LogP contribution in [0.4, 0.5) is 0 Å². The van der Waals surface area contributed by atoms with Crippen molar-refractivity contribution in [1.29, 1.82) is 0 Å². The number of hydrogen-bond acceptors (Lipinski definition) is 2. The number of nitrogens with one attached hydrogen (secondary N) is 1. The summed E-state index contributed by atoms with van der Waals surface area (Å²) in [6.45, 7) is 9.70. The Bertz CT molecular complexity index is 332. The lowest BCUT2D eigenvalue weighted by Gasteiger charge is -2.21. The van der Waals surface area contributed by atoms with Gasteiger partial charge in [0.15, 0.2) is 0 Å². The van der Waals surface area contributed by atoms with E-state index in [-0.39, 0.29) is 0 Å². The van der Waals surface area contributed by atoms with Gasteiger partial charge < -0.3 is 11.1 Å². The summed E-state index contributed by atoms with van der Waals surface area (Å²) in [5, 5.41) is 3.44. The maximum absolute atomic E-state index is 5.79. The van der Waals surface area contributed by atoms with Gasteiger partial charge in [-0.3, -0.25) is 0 Å². The molecule has 0 saturated heterocycles. The summed E-state index contributed by atoms with van der Waals surface area (Å²) in [7, 11) is 0. The van der Waals surface area contributed by atoms with Gasteiger partial charge in [-0.2, -0.15) is 0 Å². The van der Waals surface area contributed by atoms with Crippen molar-refractivity contribution in [3.05, 3.63) is 48.0 Å². The van der Waals surface area contributed by atoms with Gasteiger partial charge in [-0.25, -0.2) is 0 Å². The molecule has 0 aliphatic heterocycles. The maximum Gasteiger partial charge on any atom is 0.0199 e. The van der Waals surface area contributed by atoms with Gasteiger partial charge in [0, 0.05) is 19.1 Å². The molecule has 0 aliphatic rings. The topological polar surface area (TPSA) is 38.0 Å². The summed E-state index contributed by atoms with van der Waals surface area (Å²) in [5.41, 5.74) is 8.32. The SMILES string of the molecule is C=C(C)CNC(CN)CC(C)c1ccccc1. The van der Waals surface area contributed by atoms with Crippen molar-refractivity contribution in [3.63, 3.8) is 0 Å². The van der Waals surface area contributed by atoms with E-state index in [1.165, 1.54) is 5.56 Å². The third-order valence-corrected chi connectivity index (χ3v) is 2.98. The lowest BCUT2D eigenvalue weighted by atomic mass is 9.94. The van der Waals surface area contributed by atoms with Crippen molar-refractivity contribution in [1.82, 2.24) is 5.32 Å². The fourth-order valence-corrected chi connectivity index (χ4v) is 1.93. The Morgan fingerprint density at radius 3 is 2.53 bits per heavy atom. The van der Waals surface area contributed by atoms with Crippen LogP contribution >= 0.6 is 0 Å². The third-order valence-electron chi connectivity index (χ3n) is 2.98. The molecule has 3 N–H and O–H groups in total. The first-order chi connectivity index (χ1) is 8.13. The highest BCUT2D eigenvalue weighted by molar-refractivity contribution is 5.18. The second-order valence-corrected chi connectivity index (χ2v) is 4.82. The van der Waals surface area contributed by atoms with Gasteiger partial charge in [0.05, 0.1) is 0 Å². The average Bonchev–Trinajstić information content (AvgIpc) is 2.35. The van der Waals surface area contributed by atoms with E-state index in [0.29, 0.717) is 18.5 Å². The summed E-state index contributed by atoms with van der Waals surface area (Å²) >= 11 is 0. The molecule has 1 aromatic rings. The molecule has 0 bridgehead atoms. The Balaban J connectivity index is 2.47. The van der Waals surface area contributed by atoms with Crippen molar-refractivity contribution in [2.24, 2.45) is 5.73 Å². The first-order valence-corrected chi connectivity index (χ1v) is 6.26. The first-order valence-electron chi connectivity index (χ1n) is 6.26. The first kappa shape index (κ1) is 13.9. The predicted molar refractivity (Wildman–Crippen MR) is 75.1 cm³/mol. The molecular weight excluding hydrogens is 208 g/mol. The summed E-state index contributed by atoms with van der Waals surface area (Å²) in [6.07, 6.45) is 1.06. The Morgan fingerprint density at radius 2 is 2.00 bits per heavy atom. The van der Waals surface area contributed by atoms with Gasteiger partial charge in [-0.1, -0.05) is 49.4 Å². The molecule has 0 radical (unpaired) electrons. The second kappa shape index (κ2) is 7.25. The van der Waals surface area contributed by atoms with Crippen LogP contribution in [-0.2, 0) is 0 Å². The van der Waals surface area contributed by atoms with Gasteiger partial charge >= 0.3 is 0 Å². The van der Waals surface area contributed by atoms with E-state index in [9.17, 15) is 0 Å². The molecule has 0 amide bonds. The van der Waals surface area contributed by atoms with Crippen LogP contribution in [0, 0.1) is 0 Å². The van der Waals surface area contributed by atoms with Crippen LogP contribution in [0.1, 0.15) is 31.7 Å². The van der Waals surface area contributed by atoms with Gasteiger partial charge in [0.25, 0.3) is 0 Å². The summed E-state index contributed by atoms with van der Waals surface area (Å²) in [6, 6.07) is 10.9. The van der Waals surface area contributed by atoms with E-state index < -0.39 is 0 Å². The standard InChI is InChI=1S/C15H24N2/c1-12(2)11-17-15(10-16)9-13(3)14-7-5-4-6-8-14/h4-8,13,15,17H,1,9-11,16H2,2-3H3. The van der Waals surface area contributed by atoms with E-state index in [1.807, 2.05) is 6.92 Å². The molecule has 94 valence electrons. The van der Waals surface area contributed by atoms with Crippen LogP contribution in [0.5, 0.6) is 0 Å². The Morgan fingerprint density at radius 1 is 1.35 bits per heavy atom. The Kier molecular flexibility index (Phi) is 5.95. The molecule has 0 aliphatic carbocycles. The molecule has 2 unspecified atom stereocenters. The van der Waals surface area contributed by atoms with E-state index >= 15 is 0 Å². The van der Waals surface area contributed by atoms with Crippen LogP contribution in [0.15, 0.2) is 42.5 Å². The van der Waals surface area contributed by atoms with Crippen LogP contribution < -0.4 is 11.1 Å². The molecular formula is C15H24N2. The van der Waals surface area contributed by atoms with Gasteiger partial charge in [-0.05, 0) is 24.8 Å². The Labute approximate surface area is 105 Å². The fraction of sp³-hybridized carbons (Fsp3) is 0.467. The monoisotopic (exact) mass is 232 g/mol. The van der Waals surface area contributed by atoms with Crippen molar-refractivity contribution in [3.8, 4) is 0 Å². The third kappa shape index (κ3) is 5.16. The predicted octanol–water partition coefficient (Wildman–Crippen LogP) is 2.67. The van der Waals surface area contributed by atoms with Crippen molar-refractivity contribution in [2.45, 2.75) is 32.2 Å². The molecule has 2 heteroatoms. The minimum Gasteiger partial charge on any atom is -0.329 e. The van der Waals surface area contributed by atoms with Crippen molar-refractivity contribution in [2.75, 3.05) is 13.1 Å². The van der Waals surface area contributed by atoms with Gasteiger partial charge in [0.1, 0.15) is 0 Å².